The summed E-state index contributed by atoms with van der Waals surface area (Å²) in [7, 11) is 0. The molecule has 2 nitrogen and oxygen atoms in total. The lowest BCUT2D eigenvalue weighted by molar-refractivity contribution is 0.317. The molecule has 0 bridgehead atoms. The minimum Gasteiger partial charge on any atom is -0.241 e. The summed E-state index contributed by atoms with van der Waals surface area (Å²) in [5.74, 6) is 0. The Morgan fingerprint density at radius 2 is 1.68 bits per heavy atom. The minimum atomic E-state index is 0.411. The van der Waals surface area contributed by atoms with E-state index < -0.39 is 0 Å². The fourth-order valence-electron chi connectivity index (χ4n) is 2.82. The van der Waals surface area contributed by atoms with E-state index in [2.05, 4.69) is 48.1 Å². The number of rotatable bonds is 1. The van der Waals surface area contributed by atoms with E-state index in [4.69, 9.17) is 0 Å². The summed E-state index contributed by atoms with van der Waals surface area (Å²) < 4.78 is 0. The average molecular weight is 252 g/mol. The molecule has 0 spiro atoms. The van der Waals surface area contributed by atoms with Crippen LogP contribution in [0.4, 0.5) is 0 Å². The maximum absolute atomic E-state index is 4.54. The second-order valence-corrected chi connectivity index (χ2v) is 6.18. The Hall–Kier alpha value is -1.70. The van der Waals surface area contributed by atoms with Crippen molar-refractivity contribution in [1.29, 1.82) is 0 Å². The molecule has 3 rings (SSSR count). The Morgan fingerprint density at radius 3 is 2.47 bits per heavy atom. The molecule has 0 radical (unpaired) electrons. The molecule has 1 aromatic carbocycles. The van der Waals surface area contributed by atoms with Gasteiger partial charge in [0.2, 0.25) is 0 Å². The van der Waals surface area contributed by atoms with E-state index in [9.17, 15) is 0 Å². The molecular weight excluding hydrogens is 232 g/mol. The molecule has 0 saturated heterocycles. The van der Waals surface area contributed by atoms with Gasteiger partial charge in [-0.15, -0.1) is 0 Å². The van der Waals surface area contributed by atoms with E-state index >= 15 is 0 Å². The van der Waals surface area contributed by atoms with Crippen molar-refractivity contribution in [2.24, 2.45) is 5.41 Å². The first-order valence-electron chi connectivity index (χ1n) is 7.04. The van der Waals surface area contributed by atoms with Crippen LogP contribution in [0.15, 0.2) is 36.7 Å². The average Bonchev–Trinajstić information content (AvgIpc) is 2.59. The Kier molecular flexibility index (Phi) is 3.09. The van der Waals surface area contributed by atoms with Crippen LogP contribution in [-0.4, -0.2) is 9.97 Å². The predicted molar refractivity (Wildman–Crippen MR) is 77.9 cm³/mol. The number of hydrogen-bond donors (Lipinski definition) is 0. The van der Waals surface area contributed by atoms with Crippen molar-refractivity contribution in [3.05, 3.63) is 47.9 Å². The first-order valence-corrected chi connectivity index (χ1v) is 7.04. The molecule has 0 aliphatic heterocycles. The van der Waals surface area contributed by atoms with Gasteiger partial charge in [0, 0.05) is 16.8 Å². The zero-order valence-corrected chi connectivity index (χ0v) is 11.7. The van der Waals surface area contributed by atoms with Gasteiger partial charge < -0.3 is 0 Å². The molecule has 2 aromatic rings. The zero-order valence-electron chi connectivity index (χ0n) is 11.7. The fourth-order valence-corrected chi connectivity index (χ4v) is 2.82. The predicted octanol–water partition coefficient (Wildman–Crippen LogP) is 4.05. The summed E-state index contributed by atoms with van der Waals surface area (Å²) in [6, 6.07) is 10.5. The summed E-state index contributed by atoms with van der Waals surface area (Å²) in [4.78, 5) is 9.06. The van der Waals surface area contributed by atoms with Gasteiger partial charge in [0.15, 0.2) is 0 Å². The number of fused-ring (bicyclic) bond motifs is 1. The largest absolute Gasteiger partial charge is 0.241 e. The number of benzene rings is 1. The fraction of sp³-hybridized carbons (Fsp3) is 0.412. The number of aromatic nitrogens is 2. The van der Waals surface area contributed by atoms with E-state index in [0.29, 0.717) is 5.41 Å². The van der Waals surface area contributed by atoms with Crippen molar-refractivity contribution >= 4 is 0 Å². The molecule has 1 heterocycles. The molecule has 2 heteroatoms. The number of nitrogens with zero attached hydrogens (tertiary/aromatic N) is 2. The lowest BCUT2D eigenvalue weighted by Gasteiger charge is -2.21. The van der Waals surface area contributed by atoms with Crippen LogP contribution in [0.3, 0.4) is 0 Å². The normalized spacial score (nSPS) is 17.6. The molecule has 0 fully saturated rings. The van der Waals surface area contributed by atoms with Crippen LogP contribution in [0, 0.1) is 5.41 Å². The SMILES string of the molecule is CC1(C)CCc2ncnc(-c3ccccc3)c2CC1. The molecule has 0 amide bonds. The molecule has 19 heavy (non-hydrogen) atoms. The van der Waals surface area contributed by atoms with Gasteiger partial charge in [0.1, 0.15) is 6.33 Å². The Balaban J connectivity index is 2.06. The lowest BCUT2D eigenvalue weighted by Crippen LogP contribution is -2.10. The zero-order chi connectivity index (χ0) is 13.3. The third-order valence-corrected chi connectivity index (χ3v) is 4.17. The maximum atomic E-state index is 4.54. The maximum Gasteiger partial charge on any atom is 0.116 e. The quantitative estimate of drug-likeness (QED) is 0.716. The van der Waals surface area contributed by atoms with E-state index in [1.165, 1.54) is 29.7 Å². The van der Waals surface area contributed by atoms with Gasteiger partial charge >= 0.3 is 0 Å². The van der Waals surface area contributed by atoms with Crippen LogP contribution in [0.25, 0.3) is 11.3 Å². The summed E-state index contributed by atoms with van der Waals surface area (Å²) >= 11 is 0. The molecule has 0 saturated carbocycles. The molecular formula is C17H20N2. The van der Waals surface area contributed by atoms with Crippen molar-refractivity contribution in [1.82, 2.24) is 9.97 Å². The highest BCUT2D eigenvalue weighted by Crippen LogP contribution is 2.35. The van der Waals surface area contributed by atoms with E-state index in [1.807, 2.05) is 6.07 Å². The molecule has 0 N–H and O–H groups in total. The molecule has 0 atom stereocenters. The Labute approximate surface area is 114 Å². The summed E-state index contributed by atoms with van der Waals surface area (Å²) in [5.41, 5.74) is 5.36. The van der Waals surface area contributed by atoms with Gasteiger partial charge in [-0.2, -0.15) is 0 Å². The van der Waals surface area contributed by atoms with Crippen LogP contribution < -0.4 is 0 Å². The van der Waals surface area contributed by atoms with Crippen LogP contribution in [-0.2, 0) is 12.8 Å². The van der Waals surface area contributed by atoms with Crippen LogP contribution in [0.2, 0.25) is 0 Å². The van der Waals surface area contributed by atoms with E-state index in [-0.39, 0.29) is 0 Å². The van der Waals surface area contributed by atoms with Gasteiger partial charge in [-0.3, -0.25) is 0 Å². The first-order chi connectivity index (χ1) is 9.16. The highest BCUT2D eigenvalue weighted by atomic mass is 14.8. The van der Waals surface area contributed by atoms with Crippen LogP contribution in [0.1, 0.15) is 37.9 Å². The van der Waals surface area contributed by atoms with Gasteiger partial charge in [-0.05, 0) is 31.1 Å². The number of aryl methyl sites for hydroxylation is 1. The standard InChI is InChI=1S/C17H20N2/c1-17(2)10-8-14-15(9-11-17)18-12-19-16(14)13-6-4-3-5-7-13/h3-7,12H,8-11H2,1-2H3. The van der Waals surface area contributed by atoms with Gasteiger partial charge in [0.05, 0.1) is 5.69 Å². The van der Waals surface area contributed by atoms with Crippen molar-refractivity contribution in [3.63, 3.8) is 0 Å². The highest BCUT2D eigenvalue weighted by Gasteiger charge is 2.25. The minimum absolute atomic E-state index is 0.411. The third kappa shape index (κ3) is 2.53. The van der Waals surface area contributed by atoms with Crippen LogP contribution >= 0.6 is 0 Å². The van der Waals surface area contributed by atoms with E-state index in [0.717, 1.165) is 18.5 Å². The van der Waals surface area contributed by atoms with Gasteiger partial charge in [0.25, 0.3) is 0 Å². The lowest BCUT2D eigenvalue weighted by atomic mass is 9.84. The molecule has 1 aromatic heterocycles. The second kappa shape index (κ2) is 4.76. The molecule has 0 unspecified atom stereocenters. The monoisotopic (exact) mass is 252 g/mol. The molecule has 1 aliphatic carbocycles. The van der Waals surface area contributed by atoms with Crippen molar-refractivity contribution < 1.29 is 0 Å². The second-order valence-electron chi connectivity index (χ2n) is 6.18. The Morgan fingerprint density at radius 1 is 0.947 bits per heavy atom. The third-order valence-electron chi connectivity index (χ3n) is 4.17. The van der Waals surface area contributed by atoms with E-state index in [1.54, 1.807) is 6.33 Å². The van der Waals surface area contributed by atoms with Crippen molar-refractivity contribution in [2.45, 2.75) is 39.5 Å². The van der Waals surface area contributed by atoms with Crippen molar-refractivity contribution in [3.8, 4) is 11.3 Å². The van der Waals surface area contributed by atoms with Crippen LogP contribution in [0.5, 0.6) is 0 Å². The first kappa shape index (κ1) is 12.3. The van der Waals surface area contributed by atoms with Gasteiger partial charge in [-0.1, -0.05) is 44.2 Å². The van der Waals surface area contributed by atoms with Crippen molar-refractivity contribution in [2.75, 3.05) is 0 Å². The summed E-state index contributed by atoms with van der Waals surface area (Å²) in [6.45, 7) is 4.71. The Bertz CT molecular complexity index is 573. The summed E-state index contributed by atoms with van der Waals surface area (Å²) in [5, 5.41) is 0. The highest BCUT2D eigenvalue weighted by molar-refractivity contribution is 5.63. The topological polar surface area (TPSA) is 25.8 Å². The molecule has 1 aliphatic rings. The number of hydrogen-bond acceptors (Lipinski definition) is 2. The smallest absolute Gasteiger partial charge is 0.116 e. The van der Waals surface area contributed by atoms with Gasteiger partial charge in [-0.25, -0.2) is 9.97 Å². The summed E-state index contributed by atoms with van der Waals surface area (Å²) in [6.07, 6.45) is 6.32. The molecule has 98 valence electrons.